The van der Waals surface area contributed by atoms with E-state index in [2.05, 4.69) is 29.1 Å². The van der Waals surface area contributed by atoms with Crippen molar-refractivity contribution in [2.24, 2.45) is 5.41 Å². The van der Waals surface area contributed by atoms with Gasteiger partial charge in [0.25, 0.3) is 0 Å². The van der Waals surface area contributed by atoms with Crippen LogP contribution in [0.1, 0.15) is 43.7 Å². The van der Waals surface area contributed by atoms with Crippen molar-refractivity contribution in [3.8, 4) is 0 Å². The van der Waals surface area contributed by atoms with Crippen LogP contribution in [0, 0.1) is 10.1 Å². The second kappa shape index (κ2) is 5.52. The number of Topliss-reactive ketones (excluding diaryl/α,β-unsaturated/α-hetero) is 1. The molecule has 1 aliphatic carbocycles. The Labute approximate surface area is 150 Å². The van der Waals surface area contributed by atoms with Crippen molar-refractivity contribution in [1.29, 1.82) is 0 Å². The molecule has 4 rings (SSSR count). The Morgan fingerprint density at radius 2 is 1.80 bits per heavy atom. The van der Waals surface area contributed by atoms with Crippen LogP contribution in [-0.2, 0) is 4.79 Å². The summed E-state index contributed by atoms with van der Waals surface area (Å²) in [6.45, 7) is 4.17. The van der Waals surface area contributed by atoms with Crippen molar-refractivity contribution >= 4 is 23.8 Å². The van der Waals surface area contributed by atoms with E-state index in [0.29, 0.717) is 16.9 Å². The summed E-state index contributed by atoms with van der Waals surface area (Å²) in [4.78, 5) is 30.3. The number of H-pyrrole nitrogens is 2. The first-order valence-electron chi connectivity index (χ1n) is 8.30. The molecule has 1 unspecified atom stereocenters. The van der Waals surface area contributed by atoms with E-state index in [-0.39, 0.29) is 22.8 Å². The number of aromatic nitrogens is 2. The van der Waals surface area contributed by atoms with Gasteiger partial charge in [0.1, 0.15) is 10.5 Å². The molecule has 2 aliphatic rings. The second-order valence-electron chi connectivity index (χ2n) is 7.50. The summed E-state index contributed by atoms with van der Waals surface area (Å²) in [5.41, 5.74) is 2.95. The molecule has 5 nitrogen and oxygen atoms in total. The fraction of sp³-hybridized carbons (Fsp3) is 0.316. The van der Waals surface area contributed by atoms with Gasteiger partial charge in [-0.25, -0.2) is 4.79 Å². The van der Waals surface area contributed by atoms with Gasteiger partial charge in [-0.15, -0.1) is 0 Å². The highest BCUT2D eigenvalue weighted by Crippen LogP contribution is 2.48. The van der Waals surface area contributed by atoms with E-state index in [1.165, 1.54) is 0 Å². The number of hydrogen-bond acceptors (Lipinski definition) is 4. The molecule has 1 aliphatic heterocycles. The van der Waals surface area contributed by atoms with Gasteiger partial charge in [-0.2, -0.15) is 0 Å². The quantitative estimate of drug-likeness (QED) is 0.684. The molecule has 2 aromatic rings. The van der Waals surface area contributed by atoms with E-state index >= 15 is 0 Å². The first-order chi connectivity index (χ1) is 11.9. The summed E-state index contributed by atoms with van der Waals surface area (Å²) in [6, 6.07) is 9.84. The Kier molecular flexibility index (Phi) is 3.54. The van der Waals surface area contributed by atoms with Crippen LogP contribution in [0.15, 0.2) is 46.4 Å². The molecule has 0 spiro atoms. The Hall–Kier alpha value is -2.47. The maximum absolute atomic E-state index is 13.0. The van der Waals surface area contributed by atoms with Crippen LogP contribution >= 0.6 is 12.2 Å². The Balaban J connectivity index is 2.01. The molecular weight excluding hydrogens is 334 g/mol. The normalized spacial score (nSPS) is 21.4. The number of anilines is 1. The minimum absolute atomic E-state index is 0.111. The molecule has 0 saturated carbocycles. The number of fused-ring (bicyclic) bond motifs is 1. The number of rotatable bonds is 1. The molecule has 1 aromatic heterocycles. The number of ketones is 1. The first-order valence-corrected chi connectivity index (χ1v) is 8.71. The SMILES string of the molecule is CC1(C)CC(=O)C2=C(C1)Nc1[nH]c(=O)[nH]c(=S)c1C2c1ccccc1. The minimum Gasteiger partial charge on any atom is -0.344 e. The van der Waals surface area contributed by atoms with Gasteiger partial charge in [0.15, 0.2) is 5.78 Å². The van der Waals surface area contributed by atoms with E-state index in [1.807, 2.05) is 30.3 Å². The molecular formula is C19H19N3O2S. The van der Waals surface area contributed by atoms with Crippen molar-refractivity contribution in [1.82, 2.24) is 9.97 Å². The van der Waals surface area contributed by atoms with Gasteiger partial charge in [-0.3, -0.25) is 14.8 Å². The van der Waals surface area contributed by atoms with E-state index in [0.717, 1.165) is 28.8 Å². The minimum atomic E-state index is -0.353. The predicted octanol–water partition coefficient (Wildman–Crippen LogP) is 3.63. The lowest BCUT2D eigenvalue weighted by molar-refractivity contribution is -0.118. The van der Waals surface area contributed by atoms with E-state index < -0.39 is 0 Å². The van der Waals surface area contributed by atoms with Gasteiger partial charge in [-0.05, 0) is 17.4 Å². The lowest BCUT2D eigenvalue weighted by Gasteiger charge is -2.39. The number of carbonyl (C=O) groups is 1. The van der Waals surface area contributed by atoms with Crippen molar-refractivity contribution in [2.45, 2.75) is 32.6 Å². The van der Waals surface area contributed by atoms with Crippen LogP contribution in [0.3, 0.4) is 0 Å². The van der Waals surface area contributed by atoms with E-state index in [9.17, 15) is 9.59 Å². The van der Waals surface area contributed by atoms with Crippen LogP contribution < -0.4 is 11.0 Å². The molecule has 0 saturated heterocycles. The molecule has 0 amide bonds. The number of allylic oxidation sites excluding steroid dienone is 2. The van der Waals surface area contributed by atoms with Gasteiger partial charge >= 0.3 is 5.69 Å². The summed E-state index contributed by atoms with van der Waals surface area (Å²) in [7, 11) is 0. The van der Waals surface area contributed by atoms with E-state index in [4.69, 9.17) is 12.2 Å². The van der Waals surface area contributed by atoms with Crippen LogP contribution in [0.2, 0.25) is 0 Å². The number of nitrogens with one attached hydrogen (secondary N) is 3. The van der Waals surface area contributed by atoms with Gasteiger partial charge in [0, 0.05) is 29.2 Å². The molecule has 3 N–H and O–H groups in total. The fourth-order valence-electron chi connectivity index (χ4n) is 3.93. The smallest absolute Gasteiger partial charge is 0.325 e. The monoisotopic (exact) mass is 353 g/mol. The lowest BCUT2D eigenvalue weighted by Crippen LogP contribution is -2.35. The largest absolute Gasteiger partial charge is 0.344 e. The molecule has 2 heterocycles. The van der Waals surface area contributed by atoms with Crippen molar-refractivity contribution in [3.05, 3.63) is 67.9 Å². The standard InChI is InChI=1S/C19H19N3O2S/c1-19(2)8-11-14(12(23)9-19)13(10-6-4-3-5-7-10)15-16(20-11)21-18(24)22-17(15)25/h3-7,13H,8-9H2,1-2H3,(H3,20,21,22,24,25). The zero-order valence-corrected chi connectivity index (χ0v) is 14.9. The van der Waals surface area contributed by atoms with Gasteiger partial charge in [0.05, 0.1) is 0 Å². The maximum Gasteiger partial charge on any atom is 0.325 e. The topological polar surface area (TPSA) is 77.8 Å². The second-order valence-corrected chi connectivity index (χ2v) is 7.91. The third kappa shape index (κ3) is 2.66. The van der Waals surface area contributed by atoms with Crippen molar-refractivity contribution in [2.75, 3.05) is 5.32 Å². The number of hydrogen-bond donors (Lipinski definition) is 3. The molecule has 0 radical (unpaired) electrons. The van der Waals surface area contributed by atoms with E-state index in [1.54, 1.807) is 0 Å². The molecule has 1 aromatic carbocycles. The summed E-state index contributed by atoms with van der Waals surface area (Å²) in [6.07, 6.45) is 1.26. The van der Waals surface area contributed by atoms with Gasteiger partial charge < -0.3 is 5.32 Å². The lowest BCUT2D eigenvalue weighted by atomic mass is 9.69. The summed E-state index contributed by atoms with van der Waals surface area (Å²) < 4.78 is 0.365. The van der Waals surface area contributed by atoms with Gasteiger partial charge in [0.2, 0.25) is 0 Å². The molecule has 1 atom stereocenters. The number of carbonyl (C=O) groups excluding carboxylic acids is 1. The fourth-order valence-corrected chi connectivity index (χ4v) is 4.24. The highest BCUT2D eigenvalue weighted by molar-refractivity contribution is 7.71. The molecule has 128 valence electrons. The van der Waals surface area contributed by atoms with Gasteiger partial charge in [-0.1, -0.05) is 56.4 Å². The number of aromatic amines is 2. The third-order valence-electron chi connectivity index (χ3n) is 4.89. The van der Waals surface area contributed by atoms with Crippen LogP contribution in [0.4, 0.5) is 5.82 Å². The van der Waals surface area contributed by atoms with Crippen LogP contribution in [0.5, 0.6) is 0 Å². The maximum atomic E-state index is 13.0. The highest BCUT2D eigenvalue weighted by atomic mass is 32.1. The van der Waals surface area contributed by atoms with Crippen LogP contribution in [-0.4, -0.2) is 15.8 Å². The third-order valence-corrected chi connectivity index (χ3v) is 5.21. The Bertz CT molecular complexity index is 1010. The summed E-state index contributed by atoms with van der Waals surface area (Å²) in [5.74, 6) is 0.461. The van der Waals surface area contributed by atoms with Crippen molar-refractivity contribution < 1.29 is 4.79 Å². The molecule has 6 heteroatoms. The molecule has 25 heavy (non-hydrogen) atoms. The van der Waals surface area contributed by atoms with Crippen LogP contribution in [0.25, 0.3) is 0 Å². The average molecular weight is 353 g/mol. The molecule has 0 bridgehead atoms. The molecule has 0 fully saturated rings. The first kappa shape index (κ1) is 16.0. The summed E-state index contributed by atoms with van der Waals surface area (Å²) >= 11 is 5.43. The highest BCUT2D eigenvalue weighted by Gasteiger charge is 2.41. The summed E-state index contributed by atoms with van der Waals surface area (Å²) in [5, 5.41) is 3.28. The Morgan fingerprint density at radius 1 is 1.08 bits per heavy atom. The zero-order chi connectivity index (χ0) is 17.8. The average Bonchev–Trinajstić information content (AvgIpc) is 2.52. The van der Waals surface area contributed by atoms with Crippen molar-refractivity contribution in [3.63, 3.8) is 0 Å². The zero-order valence-electron chi connectivity index (χ0n) is 14.1. The number of benzene rings is 1. The Morgan fingerprint density at radius 3 is 2.52 bits per heavy atom. The predicted molar refractivity (Wildman–Crippen MR) is 99.2 cm³/mol.